The summed E-state index contributed by atoms with van der Waals surface area (Å²) in [6, 6.07) is 9.45. The van der Waals surface area contributed by atoms with E-state index in [1.54, 1.807) is 44.0 Å². The summed E-state index contributed by atoms with van der Waals surface area (Å²) in [5, 5.41) is 14.7. The van der Waals surface area contributed by atoms with Crippen LogP contribution in [0.3, 0.4) is 0 Å². The number of carbonyl (C=O) groups excluding carboxylic acids is 2. The molecule has 9 nitrogen and oxygen atoms in total. The highest BCUT2D eigenvalue weighted by molar-refractivity contribution is 14.1. The Bertz CT molecular complexity index is 1270. The predicted octanol–water partition coefficient (Wildman–Crippen LogP) is 4.11. The summed E-state index contributed by atoms with van der Waals surface area (Å²) in [6.45, 7) is 4.15. The van der Waals surface area contributed by atoms with Crippen LogP contribution in [0.1, 0.15) is 22.5 Å². The highest BCUT2D eigenvalue weighted by atomic mass is 127. The first-order valence-electron chi connectivity index (χ1n) is 11.0. The van der Waals surface area contributed by atoms with Gasteiger partial charge in [0.2, 0.25) is 11.8 Å². The molecule has 0 aliphatic carbocycles. The van der Waals surface area contributed by atoms with Crippen LogP contribution in [0.25, 0.3) is 6.08 Å². The van der Waals surface area contributed by atoms with Crippen LogP contribution in [-0.2, 0) is 23.2 Å². The number of hydrogen-bond acceptors (Lipinski definition) is 7. The molecule has 0 fully saturated rings. The van der Waals surface area contributed by atoms with E-state index in [0.29, 0.717) is 22.5 Å². The van der Waals surface area contributed by atoms with Crippen LogP contribution in [0.4, 0.5) is 5.69 Å². The molecule has 190 valence electrons. The molecule has 0 atom stereocenters. The van der Waals surface area contributed by atoms with Crippen LogP contribution in [0.15, 0.2) is 41.6 Å². The van der Waals surface area contributed by atoms with Gasteiger partial charge in [0.1, 0.15) is 0 Å². The molecule has 0 spiro atoms. The Morgan fingerprint density at radius 1 is 1.08 bits per heavy atom. The maximum Gasteiger partial charge on any atom is 0.244 e. The first kappa shape index (κ1) is 27.5. The Labute approximate surface area is 228 Å². The zero-order valence-corrected chi connectivity index (χ0v) is 23.7. The van der Waals surface area contributed by atoms with Gasteiger partial charge < -0.3 is 24.7 Å². The lowest BCUT2D eigenvalue weighted by Crippen LogP contribution is -2.22. The van der Waals surface area contributed by atoms with Gasteiger partial charge in [0.25, 0.3) is 0 Å². The molecule has 1 heterocycles. The minimum absolute atomic E-state index is 0.120. The summed E-state index contributed by atoms with van der Waals surface area (Å²) in [6.07, 6.45) is 3.12. The van der Waals surface area contributed by atoms with Crippen molar-refractivity contribution < 1.29 is 19.1 Å². The van der Waals surface area contributed by atoms with Gasteiger partial charge >= 0.3 is 0 Å². The molecule has 2 aromatic carbocycles. The lowest BCUT2D eigenvalue weighted by molar-refractivity contribution is -0.116. The summed E-state index contributed by atoms with van der Waals surface area (Å²) in [4.78, 5) is 24.8. The van der Waals surface area contributed by atoms with E-state index in [1.807, 2.05) is 32.0 Å². The molecule has 0 saturated heterocycles. The molecule has 0 aliphatic rings. The number of aromatic nitrogens is 3. The molecule has 2 amide bonds. The average molecular weight is 622 g/mol. The van der Waals surface area contributed by atoms with Gasteiger partial charge in [0, 0.05) is 22.4 Å². The van der Waals surface area contributed by atoms with Crippen molar-refractivity contribution >= 4 is 57.9 Å². The van der Waals surface area contributed by atoms with Gasteiger partial charge in [0.15, 0.2) is 22.5 Å². The normalized spacial score (nSPS) is 10.9. The molecule has 11 heteroatoms. The van der Waals surface area contributed by atoms with E-state index in [1.165, 1.54) is 17.8 Å². The molecule has 0 radical (unpaired) electrons. The van der Waals surface area contributed by atoms with Crippen molar-refractivity contribution in [2.75, 3.05) is 25.3 Å². The summed E-state index contributed by atoms with van der Waals surface area (Å²) in [5.41, 5.74) is 3.68. The number of thioether (sulfide) groups is 1. The van der Waals surface area contributed by atoms with Gasteiger partial charge in [-0.3, -0.25) is 9.59 Å². The van der Waals surface area contributed by atoms with Gasteiger partial charge in [-0.15, -0.1) is 10.2 Å². The zero-order valence-electron chi connectivity index (χ0n) is 20.7. The fraction of sp³-hybridized carbons (Fsp3) is 0.280. The SMILES string of the molecule is COc1ccc(/C=C/C(=O)NCc2nnc(SCC(=O)Nc3c(C)cc(I)cc3C)n2C)cc1OC. The standard InChI is InChI=1S/C25H28IN5O4S/c1-15-10-18(26)11-16(2)24(15)28-23(33)14-36-25-30-29-21(31(25)3)13-27-22(32)9-7-17-6-8-19(34-4)20(12-17)35-5/h6-12H,13-14H2,1-5H3,(H,27,32)(H,28,33)/b9-7+. The maximum atomic E-state index is 12.5. The molecular formula is C25H28IN5O4S. The smallest absolute Gasteiger partial charge is 0.244 e. The second-order valence-electron chi connectivity index (χ2n) is 7.87. The molecule has 0 aliphatic heterocycles. The summed E-state index contributed by atoms with van der Waals surface area (Å²) in [7, 11) is 4.93. The number of ether oxygens (including phenoxy) is 2. The molecule has 0 saturated carbocycles. The number of nitrogens with zero attached hydrogens (tertiary/aromatic N) is 3. The number of carbonyl (C=O) groups is 2. The number of nitrogens with one attached hydrogen (secondary N) is 2. The van der Waals surface area contributed by atoms with Gasteiger partial charge in [-0.25, -0.2) is 0 Å². The fourth-order valence-corrected chi connectivity index (χ4v) is 5.06. The number of amides is 2. The number of aryl methyl sites for hydroxylation is 2. The van der Waals surface area contributed by atoms with E-state index in [-0.39, 0.29) is 24.1 Å². The minimum atomic E-state index is -0.273. The third-order valence-electron chi connectivity index (χ3n) is 5.27. The molecule has 36 heavy (non-hydrogen) atoms. The number of halogens is 1. The van der Waals surface area contributed by atoms with Crippen LogP contribution in [0, 0.1) is 17.4 Å². The van der Waals surface area contributed by atoms with E-state index in [2.05, 4.69) is 43.4 Å². The summed E-state index contributed by atoms with van der Waals surface area (Å²) >= 11 is 3.55. The molecule has 0 unspecified atom stereocenters. The number of anilines is 1. The fourth-order valence-electron chi connectivity index (χ4n) is 3.39. The van der Waals surface area contributed by atoms with E-state index in [9.17, 15) is 9.59 Å². The van der Waals surface area contributed by atoms with Crippen molar-refractivity contribution in [3.8, 4) is 11.5 Å². The number of benzene rings is 2. The van der Waals surface area contributed by atoms with Crippen molar-refractivity contribution in [2.45, 2.75) is 25.5 Å². The van der Waals surface area contributed by atoms with Crippen LogP contribution in [0.5, 0.6) is 11.5 Å². The summed E-state index contributed by atoms with van der Waals surface area (Å²) in [5.74, 6) is 1.58. The first-order chi connectivity index (χ1) is 17.2. The maximum absolute atomic E-state index is 12.5. The monoisotopic (exact) mass is 621 g/mol. The van der Waals surface area contributed by atoms with Gasteiger partial charge in [-0.2, -0.15) is 0 Å². The Hall–Kier alpha value is -3.06. The van der Waals surface area contributed by atoms with Gasteiger partial charge in [0.05, 0.1) is 26.5 Å². The molecule has 0 bridgehead atoms. The second kappa shape index (κ2) is 12.8. The van der Waals surface area contributed by atoms with Crippen molar-refractivity contribution in [1.82, 2.24) is 20.1 Å². The van der Waals surface area contributed by atoms with Crippen LogP contribution < -0.4 is 20.1 Å². The zero-order chi connectivity index (χ0) is 26.2. The van der Waals surface area contributed by atoms with Crippen molar-refractivity contribution in [3.63, 3.8) is 0 Å². The minimum Gasteiger partial charge on any atom is -0.493 e. The predicted molar refractivity (Wildman–Crippen MR) is 149 cm³/mol. The molecule has 3 aromatic rings. The van der Waals surface area contributed by atoms with E-state index in [0.717, 1.165) is 25.9 Å². The topological polar surface area (TPSA) is 107 Å². The van der Waals surface area contributed by atoms with E-state index >= 15 is 0 Å². The highest BCUT2D eigenvalue weighted by Gasteiger charge is 2.14. The van der Waals surface area contributed by atoms with E-state index in [4.69, 9.17) is 9.47 Å². The van der Waals surface area contributed by atoms with Crippen LogP contribution >= 0.6 is 34.4 Å². The first-order valence-corrected chi connectivity index (χ1v) is 13.0. The molecule has 3 rings (SSSR count). The van der Waals surface area contributed by atoms with Gasteiger partial charge in [-0.1, -0.05) is 17.8 Å². The van der Waals surface area contributed by atoms with Crippen LogP contribution in [0.2, 0.25) is 0 Å². The Morgan fingerprint density at radius 2 is 1.78 bits per heavy atom. The number of hydrogen-bond donors (Lipinski definition) is 2. The Morgan fingerprint density at radius 3 is 2.44 bits per heavy atom. The average Bonchev–Trinajstić information content (AvgIpc) is 3.21. The number of rotatable bonds is 10. The third-order valence-corrected chi connectivity index (χ3v) is 6.92. The molecule has 1 aromatic heterocycles. The third kappa shape index (κ3) is 7.23. The van der Waals surface area contributed by atoms with E-state index < -0.39 is 0 Å². The largest absolute Gasteiger partial charge is 0.493 e. The molecular weight excluding hydrogens is 593 g/mol. The second-order valence-corrected chi connectivity index (χ2v) is 10.1. The summed E-state index contributed by atoms with van der Waals surface area (Å²) < 4.78 is 13.4. The van der Waals surface area contributed by atoms with Gasteiger partial charge in [-0.05, 0) is 83.5 Å². The van der Waals surface area contributed by atoms with Crippen molar-refractivity contribution in [2.24, 2.45) is 7.05 Å². The Balaban J connectivity index is 1.52. The lowest BCUT2D eigenvalue weighted by Gasteiger charge is -2.12. The van der Waals surface area contributed by atoms with Crippen molar-refractivity contribution in [3.05, 3.63) is 62.5 Å². The highest BCUT2D eigenvalue weighted by Crippen LogP contribution is 2.28. The molecule has 2 N–H and O–H groups in total. The lowest BCUT2D eigenvalue weighted by atomic mass is 10.1. The quantitative estimate of drug-likeness (QED) is 0.199. The Kier molecular flexibility index (Phi) is 9.76. The number of methoxy groups -OCH3 is 2. The van der Waals surface area contributed by atoms with Crippen LogP contribution in [-0.4, -0.2) is 46.6 Å². The van der Waals surface area contributed by atoms with Crippen molar-refractivity contribution in [1.29, 1.82) is 0 Å².